The number of fused-ring (bicyclic) bond motifs is 1. The molecule has 0 saturated heterocycles. The molecule has 4 aromatic rings. The van der Waals surface area contributed by atoms with Crippen LogP contribution in [-0.2, 0) is 18.8 Å². The molecule has 0 unspecified atom stereocenters. The first kappa shape index (κ1) is 31.4. The maximum absolute atomic E-state index is 14.2. The summed E-state index contributed by atoms with van der Waals surface area (Å²) in [6.45, 7) is 19.1. The molecule has 0 amide bonds. The van der Waals surface area contributed by atoms with E-state index < -0.39 is 5.92 Å². The fraction of sp³-hybridized carbons (Fsp3) is 0.278. The minimum absolute atomic E-state index is 0.0706. The maximum atomic E-state index is 14.2. The average Bonchev–Trinajstić information content (AvgIpc) is 3.40. The SMILES string of the molecule is C=CN(C=C(C)C)c1cc(NC(=C)c2ccc(CCC)c(C)c2)cc(C(C)(F)F)c1.CCc1ccc2[nH]ccc2c1. The van der Waals surface area contributed by atoms with E-state index in [4.69, 9.17) is 0 Å². The molecule has 2 N–H and O–H groups in total. The second kappa shape index (κ2) is 14.0. The number of hydrogen-bond donors (Lipinski definition) is 2. The van der Waals surface area contributed by atoms with Gasteiger partial charge in [-0.25, -0.2) is 8.78 Å². The van der Waals surface area contributed by atoms with Crippen LogP contribution in [0.15, 0.2) is 98.0 Å². The number of allylic oxidation sites excluding steroid dienone is 1. The van der Waals surface area contributed by atoms with Gasteiger partial charge >= 0.3 is 0 Å². The predicted molar refractivity (Wildman–Crippen MR) is 174 cm³/mol. The van der Waals surface area contributed by atoms with E-state index in [1.165, 1.54) is 39.7 Å². The maximum Gasteiger partial charge on any atom is 0.270 e. The molecular formula is C36H43F2N3. The predicted octanol–water partition coefficient (Wildman–Crippen LogP) is 10.7. The molecule has 0 aliphatic carbocycles. The van der Waals surface area contributed by atoms with Crippen molar-refractivity contribution in [3.05, 3.63) is 126 Å². The number of anilines is 2. The van der Waals surface area contributed by atoms with Crippen LogP contribution in [0, 0.1) is 6.92 Å². The molecule has 0 saturated carbocycles. The normalized spacial score (nSPS) is 10.9. The van der Waals surface area contributed by atoms with E-state index in [-0.39, 0.29) is 5.56 Å². The summed E-state index contributed by atoms with van der Waals surface area (Å²) in [6.07, 6.45) is 8.67. The van der Waals surface area contributed by atoms with Crippen LogP contribution in [0.4, 0.5) is 20.2 Å². The van der Waals surface area contributed by atoms with E-state index in [0.717, 1.165) is 37.3 Å². The van der Waals surface area contributed by atoms with Crippen LogP contribution in [-0.4, -0.2) is 4.98 Å². The van der Waals surface area contributed by atoms with Gasteiger partial charge < -0.3 is 15.2 Å². The fourth-order valence-corrected chi connectivity index (χ4v) is 4.60. The van der Waals surface area contributed by atoms with Gasteiger partial charge in [0.1, 0.15) is 0 Å². The molecule has 216 valence electrons. The van der Waals surface area contributed by atoms with Crippen molar-refractivity contribution < 1.29 is 8.78 Å². The Labute approximate surface area is 244 Å². The van der Waals surface area contributed by atoms with Gasteiger partial charge in [0.25, 0.3) is 5.92 Å². The minimum atomic E-state index is -2.97. The number of aryl methyl sites for hydroxylation is 3. The Kier molecular flexibility index (Phi) is 10.7. The quantitative estimate of drug-likeness (QED) is 0.204. The molecule has 41 heavy (non-hydrogen) atoms. The number of nitrogens with zero attached hydrogens (tertiary/aromatic N) is 1. The molecule has 0 aliphatic rings. The Morgan fingerprint density at radius 3 is 2.39 bits per heavy atom. The van der Waals surface area contributed by atoms with Crippen molar-refractivity contribution in [1.29, 1.82) is 0 Å². The molecule has 0 atom stereocenters. The van der Waals surface area contributed by atoms with Gasteiger partial charge in [0.05, 0.1) is 0 Å². The van der Waals surface area contributed by atoms with E-state index in [1.807, 2.05) is 38.4 Å². The molecule has 0 bridgehead atoms. The molecule has 3 aromatic carbocycles. The number of alkyl halides is 2. The summed E-state index contributed by atoms with van der Waals surface area (Å²) in [6, 6.07) is 19.6. The highest BCUT2D eigenvalue weighted by Gasteiger charge is 2.26. The number of H-pyrrole nitrogens is 1. The zero-order valence-corrected chi connectivity index (χ0v) is 25.2. The molecule has 0 fully saturated rings. The average molecular weight is 556 g/mol. The summed E-state index contributed by atoms with van der Waals surface area (Å²) in [4.78, 5) is 4.91. The van der Waals surface area contributed by atoms with Gasteiger partial charge in [-0.1, -0.05) is 57.2 Å². The molecule has 0 spiro atoms. The lowest BCUT2D eigenvalue weighted by atomic mass is 10.00. The van der Waals surface area contributed by atoms with Crippen LogP contribution in [0.3, 0.4) is 0 Å². The first-order chi connectivity index (χ1) is 19.4. The Morgan fingerprint density at radius 1 is 1.02 bits per heavy atom. The third-order valence-corrected chi connectivity index (χ3v) is 6.85. The van der Waals surface area contributed by atoms with Crippen LogP contribution in [0.25, 0.3) is 16.6 Å². The Balaban J connectivity index is 0.000000346. The molecule has 3 nitrogen and oxygen atoms in total. The van der Waals surface area contributed by atoms with Crippen molar-refractivity contribution in [3.8, 4) is 0 Å². The molecule has 4 rings (SSSR count). The van der Waals surface area contributed by atoms with Gasteiger partial charge in [0, 0.05) is 53.7 Å². The lowest BCUT2D eigenvalue weighted by molar-refractivity contribution is 0.0175. The standard InChI is InChI=1S/C26H32F2N2.C10H11N/c1-8-10-21-11-12-22(13-19(21)5)20(6)29-24-14-23(26(7,27)28)15-25(16-24)30(9-2)17-18(3)4;1-2-8-3-4-10-9(7-8)5-6-11-10/h9,11-17,29H,2,6,8,10H2,1,3-5,7H3;3-7,11H,2H2,1H3. The third-order valence-electron chi connectivity index (χ3n) is 6.85. The van der Waals surface area contributed by atoms with Crippen molar-refractivity contribution in [1.82, 2.24) is 4.98 Å². The number of benzene rings is 3. The van der Waals surface area contributed by atoms with Gasteiger partial charge in [0.15, 0.2) is 0 Å². The number of hydrogen-bond acceptors (Lipinski definition) is 2. The summed E-state index contributed by atoms with van der Waals surface area (Å²) in [5, 5.41) is 4.52. The zero-order chi connectivity index (χ0) is 30.2. The Hall–Kier alpha value is -4.12. The van der Waals surface area contributed by atoms with Crippen molar-refractivity contribution in [3.63, 3.8) is 0 Å². The monoisotopic (exact) mass is 555 g/mol. The van der Waals surface area contributed by atoms with Crippen LogP contribution >= 0.6 is 0 Å². The van der Waals surface area contributed by atoms with E-state index in [0.29, 0.717) is 17.1 Å². The molecular weight excluding hydrogens is 512 g/mol. The van der Waals surface area contributed by atoms with Crippen LogP contribution in [0.2, 0.25) is 0 Å². The number of halogens is 2. The van der Waals surface area contributed by atoms with Crippen molar-refractivity contribution >= 4 is 28.0 Å². The van der Waals surface area contributed by atoms with E-state index >= 15 is 0 Å². The van der Waals surface area contributed by atoms with Gasteiger partial charge in [-0.15, -0.1) is 0 Å². The van der Waals surface area contributed by atoms with E-state index in [1.54, 1.807) is 11.1 Å². The second-order valence-electron chi connectivity index (χ2n) is 10.7. The molecule has 5 heteroatoms. The highest BCUT2D eigenvalue weighted by Crippen LogP contribution is 2.34. The lowest BCUT2D eigenvalue weighted by Gasteiger charge is -2.22. The minimum Gasteiger partial charge on any atom is -0.361 e. The van der Waals surface area contributed by atoms with Gasteiger partial charge in [-0.05, 0) is 104 Å². The largest absolute Gasteiger partial charge is 0.361 e. The van der Waals surface area contributed by atoms with E-state index in [9.17, 15) is 8.78 Å². The summed E-state index contributed by atoms with van der Waals surface area (Å²) >= 11 is 0. The van der Waals surface area contributed by atoms with Crippen LogP contribution in [0.1, 0.15) is 68.9 Å². The fourth-order valence-electron chi connectivity index (χ4n) is 4.60. The first-order valence-corrected chi connectivity index (χ1v) is 14.2. The van der Waals surface area contributed by atoms with Crippen molar-refractivity contribution in [2.24, 2.45) is 0 Å². The molecule has 1 aromatic heterocycles. The third kappa shape index (κ3) is 8.68. The van der Waals surface area contributed by atoms with Gasteiger partial charge in [-0.2, -0.15) is 0 Å². The van der Waals surface area contributed by atoms with Crippen LogP contribution in [0.5, 0.6) is 0 Å². The Bertz CT molecular complexity index is 1520. The number of aromatic nitrogens is 1. The Morgan fingerprint density at radius 2 is 1.78 bits per heavy atom. The zero-order valence-electron chi connectivity index (χ0n) is 25.2. The highest BCUT2D eigenvalue weighted by atomic mass is 19.3. The smallest absolute Gasteiger partial charge is 0.270 e. The van der Waals surface area contributed by atoms with Crippen LogP contribution < -0.4 is 10.2 Å². The summed E-state index contributed by atoms with van der Waals surface area (Å²) in [7, 11) is 0. The molecule has 1 heterocycles. The number of nitrogens with one attached hydrogen (secondary N) is 2. The highest BCUT2D eigenvalue weighted by molar-refractivity contribution is 5.80. The molecule has 0 radical (unpaired) electrons. The van der Waals surface area contributed by atoms with Crippen molar-refractivity contribution in [2.75, 3.05) is 10.2 Å². The van der Waals surface area contributed by atoms with E-state index in [2.05, 4.69) is 80.6 Å². The van der Waals surface area contributed by atoms with Gasteiger partial charge in [0.2, 0.25) is 0 Å². The second-order valence-corrected chi connectivity index (χ2v) is 10.7. The van der Waals surface area contributed by atoms with Crippen molar-refractivity contribution in [2.45, 2.75) is 66.7 Å². The number of rotatable bonds is 10. The summed E-state index contributed by atoms with van der Waals surface area (Å²) < 4.78 is 28.3. The summed E-state index contributed by atoms with van der Waals surface area (Å²) in [5.74, 6) is -2.97. The molecule has 0 aliphatic heterocycles. The van der Waals surface area contributed by atoms with Gasteiger partial charge in [-0.3, -0.25) is 0 Å². The topological polar surface area (TPSA) is 31.1 Å². The first-order valence-electron chi connectivity index (χ1n) is 14.2. The number of aromatic amines is 1. The lowest BCUT2D eigenvalue weighted by Crippen LogP contribution is -2.12. The summed E-state index contributed by atoms with van der Waals surface area (Å²) in [5.41, 5.74) is 8.86.